The Bertz CT molecular complexity index is 269. The zero-order valence-corrected chi connectivity index (χ0v) is 20.2. The molecule has 1 aromatic carbocycles. The summed E-state index contributed by atoms with van der Waals surface area (Å²) in [6.07, 6.45) is 0.820. The molecule has 0 fully saturated rings. The van der Waals surface area contributed by atoms with Crippen molar-refractivity contribution < 1.29 is 4.39 Å². The molecule has 0 saturated carbocycles. The van der Waals surface area contributed by atoms with Crippen LogP contribution in [0.3, 0.4) is 0 Å². The summed E-state index contributed by atoms with van der Waals surface area (Å²) in [6, 6.07) is 6.40. The van der Waals surface area contributed by atoms with Crippen molar-refractivity contribution >= 4 is 75.0 Å². The summed E-state index contributed by atoms with van der Waals surface area (Å²) < 4.78 is 10.9. The standard InChI is InChI=1S/C8H10FN.4HI.Pb/c9-8-3-1-7(2-4-8)5-6-10;;;;;/h1-4H,5-6,10H2;4*1H;/q;;;;;+4/p-4. The van der Waals surface area contributed by atoms with Crippen LogP contribution in [0.1, 0.15) is 5.56 Å². The fourth-order valence-corrected chi connectivity index (χ4v) is 0.818. The Kier molecular flexibility index (Phi) is 11.8. The van der Waals surface area contributed by atoms with Crippen molar-refractivity contribution in [1.82, 2.24) is 0 Å². The van der Waals surface area contributed by atoms with Crippen LogP contribution in [-0.2, 0) is 6.42 Å². The van der Waals surface area contributed by atoms with Gasteiger partial charge in [0.15, 0.2) is 0 Å². The maximum absolute atomic E-state index is 12.3. The quantitative estimate of drug-likeness (QED) is 0.345. The second-order valence-electron chi connectivity index (χ2n) is 2.59. The first kappa shape index (κ1) is 18.0. The van der Waals surface area contributed by atoms with Crippen molar-refractivity contribution in [2.24, 2.45) is 5.73 Å². The van der Waals surface area contributed by atoms with Crippen LogP contribution in [0.25, 0.3) is 0 Å². The fraction of sp³-hybridized carbons (Fsp3) is 0.250. The van der Waals surface area contributed by atoms with Crippen molar-refractivity contribution in [3.05, 3.63) is 35.6 Å². The summed E-state index contributed by atoms with van der Waals surface area (Å²) >= 11 is 10.2. The first-order valence-electron chi connectivity index (χ1n) is 4.03. The molecule has 0 radical (unpaired) electrons. The number of rotatable bonds is 2. The van der Waals surface area contributed by atoms with E-state index >= 15 is 0 Å². The third-order valence-electron chi connectivity index (χ3n) is 1.35. The Morgan fingerprint density at radius 1 is 1.07 bits per heavy atom. The molecule has 2 N–H and O–H groups in total. The normalized spacial score (nSPS) is 10.5. The van der Waals surface area contributed by atoms with E-state index in [0.29, 0.717) is 6.54 Å². The van der Waals surface area contributed by atoms with Gasteiger partial charge in [0.05, 0.1) is 0 Å². The SMILES string of the molecule is NCCc1ccc(F)cc1.[I][Pb]([I])([I])[I]. The zero-order valence-electron chi connectivity index (χ0n) is 7.69. The van der Waals surface area contributed by atoms with Gasteiger partial charge in [-0.2, -0.15) is 0 Å². The molecule has 0 spiro atoms. The molecular formula is C8H10FI4NPb. The van der Waals surface area contributed by atoms with Gasteiger partial charge >= 0.3 is 75.0 Å². The summed E-state index contributed by atoms with van der Waals surface area (Å²) in [7, 11) is 0. The molecule has 0 unspecified atom stereocenters. The molecule has 0 heterocycles. The van der Waals surface area contributed by atoms with E-state index in [0.717, 1.165) is 12.0 Å². The van der Waals surface area contributed by atoms with Gasteiger partial charge in [0.1, 0.15) is 5.82 Å². The third kappa shape index (κ3) is 14.9. The van der Waals surface area contributed by atoms with Gasteiger partial charge in [-0.25, -0.2) is 4.39 Å². The molecule has 0 saturated heterocycles. The van der Waals surface area contributed by atoms with Crippen LogP contribution >= 0.6 is 71.0 Å². The first-order valence-corrected chi connectivity index (χ1v) is 47.8. The van der Waals surface area contributed by atoms with Crippen molar-refractivity contribution in [2.45, 2.75) is 6.42 Å². The molecule has 1 rings (SSSR count). The predicted octanol–water partition coefficient (Wildman–Crippen LogP) is 4.49. The number of halogens is 5. The van der Waals surface area contributed by atoms with E-state index in [1.807, 2.05) is 0 Å². The summed E-state index contributed by atoms with van der Waals surface area (Å²) in [5, 5.41) is 0. The summed E-state index contributed by atoms with van der Waals surface area (Å²) in [5.41, 5.74) is 6.39. The Morgan fingerprint density at radius 2 is 1.47 bits per heavy atom. The molecule has 0 aromatic heterocycles. The third-order valence-corrected chi connectivity index (χ3v) is 1.35. The average Bonchev–Trinajstić information content (AvgIpc) is 2.06. The van der Waals surface area contributed by atoms with Crippen molar-refractivity contribution in [3.63, 3.8) is 0 Å². The van der Waals surface area contributed by atoms with Crippen LogP contribution in [0.15, 0.2) is 24.3 Å². The summed E-state index contributed by atoms with van der Waals surface area (Å²) in [5.74, 6) is -0.194. The van der Waals surface area contributed by atoms with Gasteiger partial charge in [-0.3, -0.25) is 0 Å². The molecule has 1 nitrogen and oxygen atoms in total. The number of nitrogens with two attached hydrogens (primary N) is 1. The number of hydrogen-bond donors (Lipinski definition) is 1. The minimum atomic E-state index is -1.40. The zero-order chi connectivity index (χ0) is 11.9. The van der Waals surface area contributed by atoms with Crippen LogP contribution in [0.2, 0.25) is 0 Å². The van der Waals surface area contributed by atoms with Crippen molar-refractivity contribution in [3.8, 4) is 0 Å². The molecule has 0 aliphatic heterocycles. The number of hydrogen-bond acceptors (Lipinski definition) is 1. The number of benzene rings is 1. The molecule has 0 bridgehead atoms. The van der Waals surface area contributed by atoms with Gasteiger partial charge in [0.25, 0.3) is 0 Å². The Labute approximate surface area is 130 Å². The van der Waals surface area contributed by atoms with E-state index in [9.17, 15) is 4.39 Å². The van der Waals surface area contributed by atoms with Crippen LogP contribution in [0, 0.1) is 5.82 Å². The molecule has 15 heavy (non-hydrogen) atoms. The van der Waals surface area contributed by atoms with E-state index in [2.05, 4.69) is 71.0 Å². The molecular weight excluding hydrogens is 844 g/mol. The van der Waals surface area contributed by atoms with Crippen LogP contribution < -0.4 is 5.73 Å². The van der Waals surface area contributed by atoms with E-state index in [1.54, 1.807) is 12.1 Å². The monoisotopic (exact) mass is 855 g/mol. The molecule has 0 atom stereocenters. The van der Waals surface area contributed by atoms with E-state index in [1.165, 1.54) is 12.1 Å². The first-order chi connectivity index (χ1) is 6.83. The topological polar surface area (TPSA) is 26.0 Å². The van der Waals surface area contributed by atoms with Gasteiger partial charge in [0, 0.05) is 0 Å². The van der Waals surface area contributed by atoms with E-state index < -0.39 is 4.00 Å². The van der Waals surface area contributed by atoms with Gasteiger partial charge in [-0.05, 0) is 30.7 Å². The summed E-state index contributed by atoms with van der Waals surface area (Å²) in [6.45, 7) is 0.617. The minimum absolute atomic E-state index is 0.194. The van der Waals surface area contributed by atoms with Gasteiger partial charge < -0.3 is 5.73 Å². The second kappa shape index (κ2) is 9.83. The molecule has 86 valence electrons. The molecule has 0 aliphatic carbocycles. The van der Waals surface area contributed by atoms with E-state index in [4.69, 9.17) is 5.73 Å². The van der Waals surface area contributed by atoms with Crippen LogP contribution in [0.5, 0.6) is 0 Å². The fourth-order valence-electron chi connectivity index (χ4n) is 0.818. The summed E-state index contributed by atoms with van der Waals surface area (Å²) in [4.78, 5) is 0. The maximum atomic E-state index is 12.3. The molecule has 7 heteroatoms. The van der Waals surface area contributed by atoms with Gasteiger partial charge in [0.2, 0.25) is 0 Å². The van der Waals surface area contributed by atoms with Crippen LogP contribution in [-0.4, -0.2) is 10.5 Å². The Morgan fingerprint density at radius 3 is 1.80 bits per heavy atom. The predicted molar refractivity (Wildman–Crippen MR) is 101 cm³/mol. The molecule has 0 aliphatic rings. The van der Waals surface area contributed by atoms with Crippen molar-refractivity contribution in [1.29, 1.82) is 0 Å². The Hall–Kier alpha value is 2.95. The molecule has 1 aromatic rings. The second-order valence-corrected chi connectivity index (χ2v) is 171. The Balaban J connectivity index is 0.000000336. The van der Waals surface area contributed by atoms with Crippen LogP contribution in [0.4, 0.5) is 4.39 Å². The molecule has 0 amide bonds. The average molecular weight is 854 g/mol. The van der Waals surface area contributed by atoms with Crippen molar-refractivity contribution in [2.75, 3.05) is 6.54 Å². The van der Waals surface area contributed by atoms with E-state index in [-0.39, 0.29) is 5.82 Å². The van der Waals surface area contributed by atoms with Gasteiger partial charge in [-0.1, -0.05) is 12.1 Å². The van der Waals surface area contributed by atoms with Gasteiger partial charge in [-0.15, -0.1) is 0 Å².